The number of aliphatic hydroxyl groups is 1. The number of carbonyl (C=O) groups is 1. The normalized spacial score (nSPS) is 18.5. The van der Waals surface area contributed by atoms with Crippen LogP contribution in [0.1, 0.15) is 11.9 Å². The molecule has 6 nitrogen and oxygen atoms in total. The zero-order valence-electron chi connectivity index (χ0n) is 10.2. The van der Waals surface area contributed by atoms with Gasteiger partial charge < -0.3 is 19.6 Å². The van der Waals surface area contributed by atoms with E-state index in [1.807, 2.05) is 4.90 Å². The highest BCUT2D eigenvalue weighted by atomic mass is 16.5. The standard InChI is InChI=1S/C12H18N2O4/c15-10(11-2-1-5-18-11)8-13-12(16)9-14-3-6-17-7-4-14/h1-2,5,10,15H,3-4,6-9H2,(H,13,16). The Hall–Kier alpha value is -1.37. The number of furan rings is 1. The lowest BCUT2D eigenvalue weighted by Gasteiger charge is -2.25. The summed E-state index contributed by atoms with van der Waals surface area (Å²) >= 11 is 0. The molecule has 0 aliphatic carbocycles. The van der Waals surface area contributed by atoms with Crippen LogP contribution < -0.4 is 5.32 Å². The molecule has 1 amide bonds. The number of hydrogen-bond acceptors (Lipinski definition) is 5. The van der Waals surface area contributed by atoms with Crippen LogP contribution in [0.15, 0.2) is 22.8 Å². The van der Waals surface area contributed by atoms with Crippen LogP contribution in [-0.4, -0.2) is 55.3 Å². The van der Waals surface area contributed by atoms with Gasteiger partial charge in [0, 0.05) is 13.1 Å². The van der Waals surface area contributed by atoms with E-state index in [0.29, 0.717) is 25.5 Å². The van der Waals surface area contributed by atoms with Crippen molar-refractivity contribution < 1.29 is 19.1 Å². The number of aliphatic hydroxyl groups excluding tert-OH is 1. The first kappa shape index (κ1) is 13.1. The first-order valence-electron chi connectivity index (χ1n) is 6.04. The van der Waals surface area contributed by atoms with Crippen molar-refractivity contribution in [1.29, 1.82) is 0 Å². The van der Waals surface area contributed by atoms with E-state index in [1.165, 1.54) is 6.26 Å². The van der Waals surface area contributed by atoms with Gasteiger partial charge in [-0.3, -0.25) is 9.69 Å². The van der Waals surface area contributed by atoms with Crippen LogP contribution in [0.25, 0.3) is 0 Å². The largest absolute Gasteiger partial charge is 0.467 e. The molecule has 1 aromatic heterocycles. The van der Waals surface area contributed by atoms with Crippen molar-refractivity contribution in [1.82, 2.24) is 10.2 Å². The quantitative estimate of drug-likeness (QED) is 0.758. The Kier molecular flexibility index (Phi) is 4.74. The molecule has 1 aliphatic rings. The van der Waals surface area contributed by atoms with Gasteiger partial charge in [-0.05, 0) is 12.1 Å². The Balaban J connectivity index is 1.68. The number of amides is 1. The third-order valence-corrected chi connectivity index (χ3v) is 2.84. The molecule has 0 bridgehead atoms. The fraction of sp³-hybridized carbons (Fsp3) is 0.583. The van der Waals surface area contributed by atoms with Crippen LogP contribution in [0.2, 0.25) is 0 Å². The fourth-order valence-corrected chi connectivity index (χ4v) is 1.81. The van der Waals surface area contributed by atoms with Gasteiger partial charge in [0.15, 0.2) is 0 Å². The lowest BCUT2D eigenvalue weighted by Crippen LogP contribution is -2.43. The van der Waals surface area contributed by atoms with Crippen molar-refractivity contribution in [2.75, 3.05) is 39.4 Å². The summed E-state index contributed by atoms with van der Waals surface area (Å²) in [6.07, 6.45) is 0.697. The second-order valence-corrected chi connectivity index (χ2v) is 4.22. The summed E-state index contributed by atoms with van der Waals surface area (Å²) in [7, 11) is 0. The van der Waals surface area contributed by atoms with E-state index in [-0.39, 0.29) is 12.5 Å². The number of rotatable bonds is 5. The molecular weight excluding hydrogens is 236 g/mol. The van der Waals surface area contributed by atoms with Gasteiger partial charge in [-0.2, -0.15) is 0 Å². The molecule has 1 atom stereocenters. The summed E-state index contributed by atoms with van der Waals surface area (Å²) in [5.41, 5.74) is 0. The maximum Gasteiger partial charge on any atom is 0.234 e. The highest BCUT2D eigenvalue weighted by molar-refractivity contribution is 5.78. The molecular formula is C12H18N2O4. The van der Waals surface area contributed by atoms with Gasteiger partial charge in [0.2, 0.25) is 5.91 Å². The summed E-state index contributed by atoms with van der Waals surface area (Å²) in [6, 6.07) is 3.38. The topological polar surface area (TPSA) is 74.9 Å². The molecule has 6 heteroatoms. The zero-order valence-corrected chi connectivity index (χ0v) is 10.2. The van der Waals surface area contributed by atoms with Gasteiger partial charge in [-0.1, -0.05) is 0 Å². The van der Waals surface area contributed by atoms with E-state index in [1.54, 1.807) is 12.1 Å². The van der Waals surface area contributed by atoms with Gasteiger partial charge in [0.05, 0.1) is 32.6 Å². The molecule has 2 heterocycles. The number of nitrogens with one attached hydrogen (secondary N) is 1. The number of morpholine rings is 1. The van der Waals surface area contributed by atoms with E-state index in [0.717, 1.165) is 13.1 Å². The average molecular weight is 254 g/mol. The number of ether oxygens (including phenoxy) is 1. The Morgan fingerprint density at radius 3 is 2.94 bits per heavy atom. The van der Waals surface area contributed by atoms with Crippen molar-refractivity contribution in [3.63, 3.8) is 0 Å². The maximum atomic E-state index is 11.6. The van der Waals surface area contributed by atoms with Crippen LogP contribution in [0, 0.1) is 0 Å². The molecule has 1 unspecified atom stereocenters. The molecule has 18 heavy (non-hydrogen) atoms. The van der Waals surface area contributed by atoms with Crippen molar-refractivity contribution in [2.45, 2.75) is 6.10 Å². The minimum Gasteiger partial charge on any atom is -0.467 e. The van der Waals surface area contributed by atoms with Crippen LogP contribution in [-0.2, 0) is 9.53 Å². The summed E-state index contributed by atoms with van der Waals surface area (Å²) in [5.74, 6) is 0.365. The van der Waals surface area contributed by atoms with Crippen molar-refractivity contribution >= 4 is 5.91 Å². The van der Waals surface area contributed by atoms with Gasteiger partial charge >= 0.3 is 0 Å². The highest BCUT2D eigenvalue weighted by Crippen LogP contribution is 2.11. The second kappa shape index (κ2) is 6.53. The molecule has 0 aromatic carbocycles. The third kappa shape index (κ3) is 3.83. The maximum absolute atomic E-state index is 11.6. The lowest BCUT2D eigenvalue weighted by molar-refractivity contribution is -0.123. The summed E-state index contributed by atoms with van der Waals surface area (Å²) in [5, 5.41) is 12.4. The first-order valence-corrected chi connectivity index (χ1v) is 6.04. The van der Waals surface area contributed by atoms with Crippen molar-refractivity contribution in [3.8, 4) is 0 Å². The molecule has 1 aliphatic heterocycles. The van der Waals surface area contributed by atoms with E-state index < -0.39 is 6.10 Å². The highest BCUT2D eigenvalue weighted by Gasteiger charge is 2.16. The van der Waals surface area contributed by atoms with Crippen LogP contribution in [0.3, 0.4) is 0 Å². The molecule has 2 N–H and O–H groups in total. The monoisotopic (exact) mass is 254 g/mol. The molecule has 0 radical (unpaired) electrons. The lowest BCUT2D eigenvalue weighted by atomic mass is 10.2. The van der Waals surface area contributed by atoms with E-state index in [4.69, 9.17) is 9.15 Å². The van der Waals surface area contributed by atoms with Crippen LogP contribution >= 0.6 is 0 Å². The molecule has 0 spiro atoms. The third-order valence-electron chi connectivity index (χ3n) is 2.84. The van der Waals surface area contributed by atoms with Crippen LogP contribution in [0.5, 0.6) is 0 Å². The number of hydrogen-bond donors (Lipinski definition) is 2. The van der Waals surface area contributed by atoms with E-state index in [2.05, 4.69) is 5.32 Å². The molecule has 2 rings (SSSR count). The summed E-state index contributed by atoms with van der Waals surface area (Å²) in [4.78, 5) is 13.7. The minimum absolute atomic E-state index is 0.0949. The Morgan fingerprint density at radius 2 is 2.28 bits per heavy atom. The van der Waals surface area contributed by atoms with Gasteiger partial charge in [0.1, 0.15) is 11.9 Å². The first-order chi connectivity index (χ1) is 8.75. The minimum atomic E-state index is -0.798. The van der Waals surface area contributed by atoms with E-state index >= 15 is 0 Å². The summed E-state index contributed by atoms with van der Waals surface area (Å²) in [6.45, 7) is 3.39. The fourth-order valence-electron chi connectivity index (χ4n) is 1.81. The van der Waals surface area contributed by atoms with Crippen molar-refractivity contribution in [3.05, 3.63) is 24.2 Å². The molecule has 1 aromatic rings. The molecule has 1 fully saturated rings. The Morgan fingerprint density at radius 1 is 1.50 bits per heavy atom. The molecule has 0 saturated carbocycles. The van der Waals surface area contributed by atoms with E-state index in [9.17, 15) is 9.90 Å². The summed E-state index contributed by atoms with van der Waals surface area (Å²) < 4.78 is 10.3. The second-order valence-electron chi connectivity index (χ2n) is 4.22. The molecule has 1 saturated heterocycles. The number of carbonyl (C=O) groups excluding carboxylic acids is 1. The SMILES string of the molecule is O=C(CN1CCOCC1)NCC(O)c1ccco1. The van der Waals surface area contributed by atoms with Crippen LogP contribution in [0.4, 0.5) is 0 Å². The Labute approximate surface area is 106 Å². The van der Waals surface area contributed by atoms with Gasteiger partial charge in [-0.15, -0.1) is 0 Å². The zero-order chi connectivity index (χ0) is 12.8. The van der Waals surface area contributed by atoms with Crippen molar-refractivity contribution in [2.24, 2.45) is 0 Å². The van der Waals surface area contributed by atoms with Gasteiger partial charge in [0.25, 0.3) is 0 Å². The number of nitrogens with zero attached hydrogens (tertiary/aromatic N) is 1. The smallest absolute Gasteiger partial charge is 0.234 e. The molecule has 100 valence electrons. The predicted octanol–water partition coefficient (Wildman–Crippen LogP) is -0.239. The average Bonchev–Trinajstić information content (AvgIpc) is 2.91. The Bertz CT molecular complexity index is 360. The van der Waals surface area contributed by atoms with Gasteiger partial charge in [-0.25, -0.2) is 0 Å². The predicted molar refractivity (Wildman–Crippen MR) is 63.9 cm³/mol.